The number of hydrogen-bond donors (Lipinski definition) is 0. The normalized spacial score (nSPS) is 11.3. The van der Waals surface area contributed by atoms with Gasteiger partial charge in [0, 0.05) is 18.1 Å². The van der Waals surface area contributed by atoms with Crippen LogP contribution in [-0.2, 0) is 0 Å². The number of halogens is 4. The topological polar surface area (TPSA) is 35.5 Å². The second kappa shape index (κ2) is 6.14. The Morgan fingerprint density at radius 3 is 2.21 bits per heavy atom. The Kier molecular flexibility index (Phi) is 5.05. The number of ketones is 1. The predicted molar refractivity (Wildman–Crippen MR) is 64.2 cm³/mol. The van der Waals surface area contributed by atoms with Crippen LogP contribution in [-0.4, -0.2) is 26.2 Å². The molecule has 19 heavy (non-hydrogen) atoms. The quantitative estimate of drug-likeness (QED) is 0.774. The van der Waals surface area contributed by atoms with E-state index in [1.54, 1.807) is 0 Å². The molecule has 0 amide bonds. The molecule has 0 N–H and O–H groups in total. The van der Waals surface area contributed by atoms with Crippen molar-refractivity contribution in [3.63, 3.8) is 0 Å². The summed E-state index contributed by atoms with van der Waals surface area (Å²) in [5, 5.41) is 0.0322. The van der Waals surface area contributed by atoms with E-state index in [9.17, 15) is 18.0 Å². The van der Waals surface area contributed by atoms with Crippen molar-refractivity contribution in [3.8, 4) is 11.5 Å². The molecule has 0 unspecified atom stereocenters. The van der Waals surface area contributed by atoms with Crippen LogP contribution >= 0.6 is 11.6 Å². The lowest BCUT2D eigenvalue weighted by Gasteiger charge is -2.11. The molecule has 106 valence electrons. The second-order valence-electron chi connectivity index (χ2n) is 3.73. The third-order valence-electron chi connectivity index (χ3n) is 2.41. The van der Waals surface area contributed by atoms with Crippen LogP contribution in [0.5, 0.6) is 11.5 Å². The van der Waals surface area contributed by atoms with E-state index in [-0.39, 0.29) is 16.3 Å². The number of carbonyl (C=O) groups is 1. The molecule has 0 saturated heterocycles. The van der Waals surface area contributed by atoms with Gasteiger partial charge in [-0.05, 0) is 6.07 Å². The van der Waals surface area contributed by atoms with E-state index in [2.05, 4.69) is 0 Å². The summed E-state index contributed by atoms with van der Waals surface area (Å²) < 4.78 is 46.1. The number of carbonyl (C=O) groups excluding carboxylic acids is 1. The summed E-state index contributed by atoms with van der Waals surface area (Å²) in [7, 11) is 2.75. The zero-order valence-corrected chi connectivity index (χ0v) is 11.1. The minimum absolute atomic E-state index is 0.0106. The number of rotatable bonds is 5. The molecular formula is C12H12ClF3O3. The van der Waals surface area contributed by atoms with Gasteiger partial charge in [0.2, 0.25) is 0 Å². The lowest BCUT2D eigenvalue weighted by atomic mass is 10.1. The van der Waals surface area contributed by atoms with E-state index in [1.807, 2.05) is 0 Å². The van der Waals surface area contributed by atoms with Crippen LogP contribution < -0.4 is 9.47 Å². The summed E-state index contributed by atoms with van der Waals surface area (Å²) in [5.41, 5.74) is -0.0106. The van der Waals surface area contributed by atoms with E-state index in [1.165, 1.54) is 26.4 Å². The van der Waals surface area contributed by atoms with Crippen molar-refractivity contribution in [3.05, 3.63) is 22.7 Å². The Hall–Kier alpha value is -1.43. The first-order valence-corrected chi connectivity index (χ1v) is 5.67. The van der Waals surface area contributed by atoms with E-state index < -0.39 is 24.8 Å². The third-order valence-corrected chi connectivity index (χ3v) is 2.72. The highest BCUT2D eigenvalue weighted by Crippen LogP contribution is 2.34. The Morgan fingerprint density at radius 2 is 1.74 bits per heavy atom. The van der Waals surface area contributed by atoms with Gasteiger partial charge in [-0.3, -0.25) is 4.79 Å². The minimum Gasteiger partial charge on any atom is -0.493 e. The summed E-state index contributed by atoms with van der Waals surface area (Å²) >= 11 is 5.84. The monoisotopic (exact) mass is 296 g/mol. The van der Waals surface area contributed by atoms with Crippen molar-refractivity contribution in [1.29, 1.82) is 0 Å². The molecule has 7 heteroatoms. The van der Waals surface area contributed by atoms with Crippen molar-refractivity contribution in [2.75, 3.05) is 14.2 Å². The molecule has 3 nitrogen and oxygen atoms in total. The number of alkyl halides is 3. The van der Waals surface area contributed by atoms with Crippen LogP contribution in [0.1, 0.15) is 23.2 Å². The lowest BCUT2D eigenvalue weighted by Crippen LogP contribution is -2.11. The van der Waals surface area contributed by atoms with Crippen molar-refractivity contribution < 1.29 is 27.4 Å². The van der Waals surface area contributed by atoms with Gasteiger partial charge >= 0.3 is 6.18 Å². The number of ether oxygens (including phenoxy) is 2. The van der Waals surface area contributed by atoms with E-state index in [4.69, 9.17) is 21.1 Å². The van der Waals surface area contributed by atoms with Gasteiger partial charge in [-0.25, -0.2) is 0 Å². The Bertz CT molecular complexity index is 472. The van der Waals surface area contributed by atoms with Gasteiger partial charge in [0.25, 0.3) is 0 Å². The van der Waals surface area contributed by atoms with E-state index in [0.29, 0.717) is 5.75 Å². The van der Waals surface area contributed by atoms with Gasteiger partial charge in [0.15, 0.2) is 17.3 Å². The van der Waals surface area contributed by atoms with E-state index >= 15 is 0 Å². The van der Waals surface area contributed by atoms with Gasteiger partial charge in [-0.1, -0.05) is 11.6 Å². The standard InChI is InChI=1S/C12H12ClF3O3/c1-18-10-5-7(8(13)6-11(10)19-2)9(17)3-4-12(14,15)16/h5-6H,3-4H2,1-2H3. The highest BCUT2D eigenvalue weighted by molar-refractivity contribution is 6.34. The molecule has 0 saturated carbocycles. The molecule has 0 atom stereocenters. The summed E-state index contributed by atoms with van der Waals surface area (Å²) in [4.78, 5) is 11.7. The number of methoxy groups -OCH3 is 2. The van der Waals surface area contributed by atoms with Gasteiger partial charge < -0.3 is 9.47 Å². The van der Waals surface area contributed by atoms with Crippen LogP contribution in [0, 0.1) is 0 Å². The molecule has 0 aliphatic carbocycles. The zero-order valence-electron chi connectivity index (χ0n) is 10.3. The zero-order chi connectivity index (χ0) is 14.6. The van der Waals surface area contributed by atoms with Gasteiger partial charge in [0.1, 0.15) is 0 Å². The second-order valence-corrected chi connectivity index (χ2v) is 4.13. The Balaban J connectivity index is 2.97. The van der Waals surface area contributed by atoms with E-state index in [0.717, 1.165) is 0 Å². The summed E-state index contributed by atoms with van der Waals surface area (Å²) in [5.74, 6) is -0.148. The maximum Gasteiger partial charge on any atom is 0.389 e. The largest absolute Gasteiger partial charge is 0.493 e. The molecule has 0 aliphatic heterocycles. The molecule has 0 radical (unpaired) electrons. The molecule has 0 aromatic heterocycles. The van der Waals surface area contributed by atoms with Crippen LogP contribution in [0.15, 0.2) is 12.1 Å². The lowest BCUT2D eigenvalue weighted by molar-refractivity contribution is -0.133. The highest BCUT2D eigenvalue weighted by atomic mass is 35.5. The average Bonchev–Trinajstić information content (AvgIpc) is 2.34. The smallest absolute Gasteiger partial charge is 0.389 e. The van der Waals surface area contributed by atoms with Crippen molar-refractivity contribution in [2.24, 2.45) is 0 Å². The fourth-order valence-corrected chi connectivity index (χ4v) is 1.72. The number of benzene rings is 1. The predicted octanol–water partition coefficient (Wildman–Crippen LogP) is 3.88. The maximum absolute atomic E-state index is 12.1. The van der Waals surface area contributed by atoms with Crippen molar-refractivity contribution in [2.45, 2.75) is 19.0 Å². The minimum atomic E-state index is -4.38. The highest BCUT2D eigenvalue weighted by Gasteiger charge is 2.28. The number of Topliss-reactive ketones (excluding diaryl/α,β-unsaturated/α-hetero) is 1. The van der Waals surface area contributed by atoms with Crippen LogP contribution in [0.25, 0.3) is 0 Å². The van der Waals surface area contributed by atoms with Crippen LogP contribution in [0.3, 0.4) is 0 Å². The third kappa shape index (κ3) is 4.31. The van der Waals surface area contributed by atoms with Gasteiger partial charge in [-0.2, -0.15) is 13.2 Å². The molecule has 0 fully saturated rings. The van der Waals surface area contributed by atoms with Crippen molar-refractivity contribution in [1.82, 2.24) is 0 Å². The molecule has 0 heterocycles. The molecule has 1 aromatic carbocycles. The average molecular weight is 297 g/mol. The molecule has 1 rings (SSSR count). The van der Waals surface area contributed by atoms with Crippen LogP contribution in [0.4, 0.5) is 13.2 Å². The molecule has 0 spiro atoms. The van der Waals surface area contributed by atoms with Gasteiger partial charge in [0.05, 0.1) is 25.7 Å². The first-order valence-electron chi connectivity index (χ1n) is 5.30. The van der Waals surface area contributed by atoms with Crippen molar-refractivity contribution >= 4 is 17.4 Å². The summed E-state index contributed by atoms with van der Waals surface area (Å²) in [6.07, 6.45) is -6.21. The summed E-state index contributed by atoms with van der Waals surface area (Å²) in [6.45, 7) is 0. The molecule has 0 aliphatic rings. The first-order chi connectivity index (χ1) is 8.78. The molecule has 0 bridgehead atoms. The van der Waals surface area contributed by atoms with Gasteiger partial charge in [-0.15, -0.1) is 0 Å². The van der Waals surface area contributed by atoms with Crippen LogP contribution in [0.2, 0.25) is 5.02 Å². The fourth-order valence-electron chi connectivity index (χ4n) is 1.46. The first kappa shape index (κ1) is 15.6. The SMILES string of the molecule is COc1cc(Cl)c(C(=O)CCC(F)(F)F)cc1OC. The Labute approximate surface area is 113 Å². The molecular weight excluding hydrogens is 285 g/mol. The number of hydrogen-bond acceptors (Lipinski definition) is 3. The fraction of sp³-hybridized carbons (Fsp3) is 0.417. The summed E-state index contributed by atoms with van der Waals surface area (Å²) in [6, 6.07) is 2.61. The molecule has 1 aromatic rings. The maximum atomic E-state index is 12.1. The Morgan fingerprint density at radius 1 is 1.21 bits per heavy atom.